The van der Waals surface area contributed by atoms with Crippen LogP contribution in [0.4, 0.5) is 4.79 Å². The average molecular weight is 191 g/mol. The zero-order valence-electron chi connectivity index (χ0n) is 8.58. The first kappa shape index (κ1) is 14.7. The van der Waals surface area contributed by atoms with Crippen LogP contribution in [0.3, 0.4) is 0 Å². The monoisotopic (exact) mass is 191 g/mol. The van der Waals surface area contributed by atoms with E-state index in [1.807, 2.05) is 6.92 Å². The molecule has 0 aliphatic heterocycles. The summed E-state index contributed by atoms with van der Waals surface area (Å²) in [7, 11) is 0. The maximum Gasteiger partial charge on any atom is 0.505 e. The highest BCUT2D eigenvalue weighted by atomic mass is 16.7. The van der Waals surface area contributed by atoms with Gasteiger partial charge in [0, 0.05) is 0 Å². The van der Waals surface area contributed by atoms with E-state index in [0.29, 0.717) is 6.61 Å². The minimum Gasteiger partial charge on any atom is -0.450 e. The summed E-state index contributed by atoms with van der Waals surface area (Å²) in [5.41, 5.74) is 5.14. The fourth-order valence-corrected chi connectivity index (χ4v) is 0.508. The molecule has 4 heteroatoms. The zero-order valence-corrected chi connectivity index (χ0v) is 8.58. The van der Waals surface area contributed by atoms with E-state index in [1.54, 1.807) is 0 Å². The molecule has 0 amide bonds. The highest BCUT2D eigenvalue weighted by Gasteiger charge is 1.91. The Morgan fingerprint density at radius 2 is 1.85 bits per heavy atom. The topological polar surface area (TPSA) is 72.5 Å². The molecule has 0 unspecified atom stereocenters. The molecule has 0 heterocycles. The molecular weight excluding hydrogens is 170 g/mol. The van der Waals surface area contributed by atoms with Crippen LogP contribution in [0.2, 0.25) is 0 Å². The normalized spacial score (nSPS) is 8.54. The van der Waals surface area contributed by atoms with Crippen molar-refractivity contribution in [2.24, 2.45) is 5.73 Å². The molecule has 4 nitrogen and oxygen atoms in total. The van der Waals surface area contributed by atoms with Gasteiger partial charge < -0.3 is 15.6 Å². The summed E-state index contributed by atoms with van der Waals surface area (Å²) in [4.78, 5) is 9.65. The van der Waals surface area contributed by atoms with E-state index >= 15 is 0 Å². The summed E-state index contributed by atoms with van der Waals surface area (Å²) in [6.45, 7) is 5.28. The molecular formula is C9H21NO3. The molecule has 0 aliphatic rings. The molecule has 13 heavy (non-hydrogen) atoms. The van der Waals surface area contributed by atoms with Crippen molar-refractivity contribution < 1.29 is 14.6 Å². The van der Waals surface area contributed by atoms with Gasteiger partial charge in [-0.25, -0.2) is 4.79 Å². The third kappa shape index (κ3) is 24.6. The van der Waals surface area contributed by atoms with Gasteiger partial charge in [0.1, 0.15) is 0 Å². The molecule has 3 N–H and O–H groups in total. The van der Waals surface area contributed by atoms with Crippen molar-refractivity contribution in [3.63, 3.8) is 0 Å². The fraction of sp³-hybridized carbons (Fsp3) is 0.889. The van der Waals surface area contributed by atoms with Gasteiger partial charge in [0.2, 0.25) is 0 Å². The summed E-state index contributed by atoms with van der Waals surface area (Å²) in [5, 5.41) is 7.92. The predicted octanol–water partition coefficient (Wildman–Crippen LogP) is 2.23. The lowest BCUT2D eigenvalue weighted by Gasteiger charge is -1.94. The van der Waals surface area contributed by atoms with Gasteiger partial charge in [-0.05, 0) is 19.4 Å². The second kappa shape index (κ2) is 13.8. The Kier molecular flexibility index (Phi) is 15.6. The summed E-state index contributed by atoms with van der Waals surface area (Å²) in [5.74, 6) is 0. The molecule has 0 bridgehead atoms. The Hall–Kier alpha value is -0.770. The number of carbonyl (C=O) groups is 1. The van der Waals surface area contributed by atoms with Crippen molar-refractivity contribution in [1.29, 1.82) is 0 Å². The molecule has 0 fully saturated rings. The van der Waals surface area contributed by atoms with E-state index in [1.165, 1.54) is 12.8 Å². The van der Waals surface area contributed by atoms with Crippen LogP contribution in [0.25, 0.3) is 0 Å². The number of rotatable bonds is 5. The van der Waals surface area contributed by atoms with Crippen molar-refractivity contribution in [3.8, 4) is 0 Å². The van der Waals surface area contributed by atoms with Gasteiger partial charge in [0.25, 0.3) is 0 Å². The van der Waals surface area contributed by atoms with Crippen molar-refractivity contribution in [2.75, 3.05) is 13.2 Å². The SMILES string of the molecule is CCCCN.CCCCOC(=O)O. The number of nitrogens with two attached hydrogens (primary N) is 1. The minimum atomic E-state index is -1.18. The molecule has 0 saturated carbocycles. The lowest BCUT2D eigenvalue weighted by Crippen LogP contribution is -2.00. The largest absolute Gasteiger partial charge is 0.505 e. The molecule has 0 aromatic heterocycles. The molecule has 0 rings (SSSR count). The first-order chi connectivity index (χ1) is 6.18. The fourth-order valence-electron chi connectivity index (χ4n) is 0.508. The van der Waals surface area contributed by atoms with E-state index < -0.39 is 6.16 Å². The quantitative estimate of drug-likeness (QED) is 0.516. The van der Waals surface area contributed by atoms with E-state index in [2.05, 4.69) is 11.7 Å². The van der Waals surface area contributed by atoms with E-state index in [-0.39, 0.29) is 0 Å². The Morgan fingerprint density at radius 3 is 2.08 bits per heavy atom. The predicted molar refractivity (Wildman–Crippen MR) is 52.8 cm³/mol. The van der Waals surface area contributed by atoms with Crippen LogP contribution in [0.5, 0.6) is 0 Å². The molecule has 0 atom stereocenters. The van der Waals surface area contributed by atoms with Crippen LogP contribution in [0.15, 0.2) is 0 Å². The van der Waals surface area contributed by atoms with Crippen molar-refractivity contribution in [2.45, 2.75) is 39.5 Å². The van der Waals surface area contributed by atoms with Gasteiger partial charge >= 0.3 is 6.16 Å². The van der Waals surface area contributed by atoms with Crippen LogP contribution in [0.1, 0.15) is 39.5 Å². The van der Waals surface area contributed by atoms with Crippen LogP contribution >= 0.6 is 0 Å². The first-order valence-electron chi connectivity index (χ1n) is 4.74. The van der Waals surface area contributed by atoms with Gasteiger partial charge in [0.05, 0.1) is 6.61 Å². The molecule has 0 aliphatic carbocycles. The van der Waals surface area contributed by atoms with E-state index in [0.717, 1.165) is 19.4 Å². The Morgan fingerprint density at radius 1 is 1.31 bits per heavy atom. The van der Waals surface area contributed by atoms with Gasteiger partial charge in [-0.2, -0.15) is 0 Å². The molecule has 0 aromatic rings. The third-order valence-corrected chi connectivity index (χ3v) is 1.28. The summed E-state index contributed by atoms with van der Waals surface area (Å²) in [6.07, 6.45) is 2.98. The molecule has 0 aromatic carbocycles. The van der Waals surface area contributed by atoms with Crippen molar-refractivity contribution >= 4 is 6.16 Å². The van der Waals surface area contributed by atoms with Gasteiger partial charge in [-0.1, -0.05) is 26.7 Å². The second-order valence-electron chi connectivity index (χ2n) is 2.61. The second-order valence-corrected chi connectivity index (χ2v) is 2.61. The summed E-state index contributed by atoms with van der Waals surface area (Å²) < 4.78 is 4.20. The lowest BCUT2D eigenvalue weighted by atomic mass is 10.3. The third-order valence-electron chi connectivity index (χ3n) is 1.28. The maximum atomic E-state index is 9.65. The first-order valence-corrected chi connectivity index (χ1v) is 4.74. The zero-order chi connectivity index (χ0) is 10.5. The summed E-state index contributed by atoms with van der Waals surface area (Å²) in [6, 6.07) is 0. The molecule has 80 valence electrons. The molecule has 0 spiro atoms. The molecule has 0 saturated heterocycles. The van der Waals surface area contributed by atoms with Crippen LogP contribution in [0, 0.1) is 0 Å². The van der Waals surface area contributed by atoms with E-state index in [4.69, 9.17) is 10.8 Å². The van der Waals surface area contributed by atoms with Gasteiger partial charge in [-0.3, -0.25) is 0 Å². The smallest absolute Gasteiger partial charge is 0.450 e. The lowest BCUT2D eigenvalue weighted by molar-refractivity contribution is 0.0905. The number of ether oxygens (including phenoxy) is 1. The summed E-state index contributed by atoms with van der Waals surface area (Å²) >= 11 is 0. The van der Waals surface area contributed by atoms with Crippen molar-refractivity contribution in [3.05, 3.63) is 0 Å². The highest BCUT2D eigenvalue weighted by Crippen LogP contribution is 1.86. The number of hydrogen-bond acceptors (Lipinski definition) is 3. The van der Waals surface area contributed by atoms with E-state index in [9.17, 15) is 4.79 Å². The average Bonchev–Trinajstić information content (AvgIpc) is 2.07. The molecule has 0 radical (unpaired) electrons. The number of hydrogen-bond donors (Lipinski definition) is 2. The minimum absolute atomic E-state index is 0.325. The van der Waals surface area contributed by atoms with Crippen LogP contribution in [-0.4, -0.2) is 24.4 Å². The number of carboxylic acid groups (broad SMARTS) is 1. The van der Waals surface area contributed by atoms with Crippen LogP contribution in [-0.2, 0) is 4.74 Å². The van der Waals surface area contributed by atoms with Gasteiger partial charge in [0.15, 0.2) is 0 Å². The highest BCUT2D eigenvalue weighted by molar-refractivity contribution is 5.56. The van der Waals surface area contributed by atoms with Crippen LogP contribution < -0.4 is 5.73 Å². The number of unbranched alkanes of at least 4 members (excludes halogenated alkanes) is 2. The van der Waals surface area contributed by atoms with Gasteiger partial charge in [-0.15, -0.1) is 0 Å². The standard InChI is InChI=1S/C5H10O3.C4H11N/c1-2-3-4-8-5(6)7;1-2-3-4-5/h2-4H2,1H3,(H,6,7);2-5H2,1H3. The Labute approximate surface area is 80.1 Å². The Balaban J connectivity index is 0. The maximum absolute atomic E-state index is 9.65. The van der Waals surface area contributed by atoms with Crippen molar-refractivity contribution in [1.82, 2.24) is 0 Å². The Bertz CT molecular complexity index is 105.